The van der Waals surface area contributed by atoms with Crippen molar-refractivity contribution in [1.29, 1.82) is 0 Å². The lowest BCUT2D eigenvalue weighted by Crippen LogP contribution is -2.32. The van der Waals surface area contributed by atoms with Crippen LogP contribution in [0.3, 0.4) is 0 Å². The van der Waals surface area contributed by atoms with Crippen LogP contribution in [0.15, 0.2) is 64.4 Å². The van der Waals surface area contributed by atoms with Gasteiger partial charge in [0.15, 0.2) is 9.84 Å². The van der Waals surface area contributed by atoms with E-state index in [1.807, 2.05) is 30.3 Å². The first-order valence-electron chi connectivity index (χ1n) is 7.39. The van der Waals surface area contributed by atoms with Gasteiger partial charge in [0.1, 0.15) is 0 Å². The van der Waals surface area contributed by atoms with Gasteiger partial charge in [0.05, 0.1) is 15.5 Å². The molecule has 6 nitrogen and oxygen atoms in total. The molecule has 1 unspecified atom stereocenters. The van der Waals surface area contributed by atoms with Gasteiger partial charge >= 0.3 is 0 Å². The standard InChI is InChI=1S/C16H20N2O4S2.ClH/c1-2-23(19,20)14-9-6-10-15(11-14)24(21,22)18-12-16(17)13-7-4-3-5-8-13;/h3-11,16,18H,2,12,17H2,1H3;1H. The fourth-order valence-electron chi connectivity index (χ4n) is 2.10. The van der Waals surface area contributed by atoms with Crippen LogP contribution in [0.1, 0.15) is 18.5 Å². The summed E-state index contributed by atoms with van der Waals surface area (Å²) in [4.78, 5) is -0.113. The summed E-state index contributed by atoms with van der Waals surface area (Å²) in [5.74, 6) is -0.0944. The van der Waals surface area contributed by atoms with E-state index in [0.29, 0.717) is 0 Å². The third kappa shape index (κ3) is 5.52. The van der Waals surface area contributed by atoms with Crippen LogP contribution in [0.5, 0.6) is 0 Å². The Morgan fingerprint density at radius 3 is 2.16 bits per heavy atom. The molecule has 0 saturated carbocycles. The molecule has 2 rings (SSSR count). The van der Waals surface area contributed by atoms with Crippen molar-refractivity contribution >= 4 is 32.3 Å². The molecule has 0 heterocycles. The first-order valence-corrected chi connectivity index (χ1v) is 10.5. The zero-order valence-electron chi connectivity index (χ0n) is 13.6. The molecule has 3 N–H and O–H groups in total. The lowest BCUT2D eigenvalue weighted by molar-refractivity contribution is 0.572. The third-order valence-electron chi connectivity index (χ3n) is 3.58. The summed E-state index contributed by atoms with van der Waals surface area (Å²) in [5.41, 5.74) is 6.79. The Hall–Kier alpha value is -1.45. The van der Waals surface area contributed by atoms with Gasteiger partial charge in [-0.25, -0.2) is 21.6 Å². The van der Waals surface area contributed by atoms with Crippen LogP contribution < -0.4 is 10.5 Å². The highest BCUT2D eigenvalue weighted by Gasteiger charge is 2.19. The van der Waals surface area contributed by atoms with Gasteiger partial charge in [-0.1, -0.05) is 43.3 Å². The molecular weight excluding hydrogens is 384 g/mol. The van der Waals surface area contributed by atoms with E-state index in [-0.39, 0.29) is 34.5 Å². The van der Waals surface area contributed by atoms with Crippen molar-refractivity contribution < 1.29 is 16.8 Å². The number of hydrogen-bond acceptors (Lipinski definition) is 5. The second-order valence-electron chi connectivity index (χ2n) is 5.25. The summed E-state index contributed by atoms with van der Waals surface area (Å²) in [7, 11) is -7.32. The Bertz CT molecular complexity index is 901. The van der Waals surface area contributed by atoms with Crippen LogP contribution in [0.4, 0.5) is 0 Å². The van der Waals surface area contributed by atoms with Gasteiger partial charge < -0.3 is 5.73 Å². The Labute approximate surface area is 154 Å². The zero-order chi connectivity index (χ0) is 17.8. The van der Waals surface area contributed by atoms with Crippen LogP contribution in [0.2, 0.25) is 0 Å². The predicted molar refractivity (Wildman–Crippen MR) is 100.0 cm³/mol. The minimum Gasteiger partial charge on any atom is -0.323 e. The fraction of sp³-hybridized carbons (Fsp3) is 0.250. The lowest BCUT2D eigenvalue weighted by Gasteiger charge is -2.14. The van der Waals surface area contributed by atoms with Gasteiger partial charge in [0.2, 0.25) is 10.0 Å². The molecule has 0 saturated heterocycles. The smallest absolute Gasteiger partial charge is 0.240 e. The molecule has 0 aromatic heterocycles. The van der Waals surface area contributed by atoms with Gasteiger partial charge in [-0.2, -0.15) is 0 Å². The molecular formula is C16H21ClN2O4S2. The van der Waals surface area contributed by atoms with E-state index in [0.717, 1.165) is 11.6 Å². The highest BCUT2D eigenvalue weighted by molar-refractivity contribution is 7.91. The van der Waals surface area contributed by atoms with Crippen LogP contribution in [0.25, 0.3) is 0 Å². The summed E-state index contributed by atoms with van der Waals surface area (Å²) in [5, 5.41) is 0. The van der Waals surface area contributed by atoms with E-state index in [9.17, 15) is 16.8 Å². The van der Waals surface area contributed by atoms with Gasteiger partial charge in [0.25, 0.3) is 0 Å². The molecule has 2 aromatic rings. The molecule has 1 atom stereocenters. The molecule has 0 fully saturated rings. The van der Waals surface area contributed by atoms with Crippen LogP contribution in [-0.2, 0) is 19.9 Å². The molecule has 2 aromatic carbocycles. The van der Waals surface area contributed by atoms with Gasteiger partial charge in [-0.3, -0.25) is 0 Å². The zero-order valence-corrected chi connectivity index (χ0v) is 16.1. The highest BCUT2D eigenvalue weighted by Crippen LogP contribution is 2.17. The van der Waals surface area contributed by atoms with Crippen molar-refractivity contribution in [2.75, 3.05) is 12.3 Å². The Morgan fingerprint density at radius 2 is 1.56 bits per heavy atom. The topological polar surface area (TPSA) is 106 Å². The number of rotatable bonds is 7. The Balaban J connectivity index is 0.00000312. The Kier molecular flexibility index (Phi) is 7.58. The van der Waals surface area contributed by atoms with Crippen molar-refractivity contribution in [3.8, 4) is 0 Å². The predicted octanol–water partition coefficient (Wildman–Crippen LogP) is 1.88. The average Bonchev–Trinajstić information content (AvgIpc) is 2.60. The van der Waals surface area contributed by atoms with Gasteiger partial charge in [0, 0.05) is 12.6 Å². The minimum atomic E-state index is -3.85. The van der Waals surface area contributed by atoms with E-state index in [1.54, 1.807) is 0 Å². The SMILES string of the molecule is CCS(=O)(=O)c1cccc(S(=O)(=O)NCC(N)c2ccccc2)c1.Cl. The summed E-state index contributed by atoms with van der Waals surface area (Å²) in [6.07, 6.45) is 0. The fourth-order valence-corrected chi connectivity index (χ4v) is 4.21. The summed E-state index contributed by atoms with van der Waals surface area (Å²) in [6.45, 7) is 1.52. The van der Waals surface area contributed by atoms with Crippen LogP contribution in [-0.4, -0.2) is 29.1 Å². The number of benzene rings is 2. The quantitative estimate of drug-likeness (QED) is 0.732. The first-order chi connectivity index (χ1) is 11.3. The monoisotopic (exact) mass is 404 g/mol. The van der Waals surface area contributed by atoms with Gasteiger partial charge in [-0.15, -0.1) is 12.4 Å². The van der Waals surface area contributed by atoms with Crippen molar-refractivity contribution in [2.24, 2.45) is 5.73 Å². The molecule has 0 radical (unpaired) electrons. The molecule has 0 bridgehead atoms. The number of halogens is 1. The first kappa shape index (κ1) is 21.6. The molecule has 0 aliphatic rings. The number of sulfone groups is 1. The lowest BCUT2D eigenvalue weighted by atomic mass is 10.1. The normalized spacial score (nSPS) is 13.0. The molecule has 0 spiro atoms. The number of nitrogens with two attached hydrogens (primary N) is 1. The number of sulfonamides is 1. The van der Waals surface area contributed by atoms with Gasteiger partial charge in [-0.05, 0) is 23.8 Å². The van der Waals surface area contributed by atoms with Crippen molar-refractivity contribution in [1.82, 2.24) is 4.72 Å². The minimum absolute atomic E-state index is 0. The second kappa shape index (κ2) is 8.77. The second-order valence-corrected chi connectivity index (χ2v) is 9.29. The largest absolute Gasteiger partial charge is 0.323 e. The van der Waals surface area contributed by atoms with Crippen molar-refractivity contribution in [3.63, 3.8) is 0 Å². The number of hydrogen-bond donors (Lipinski definition) is 2. The summed E-state index contributed by atoms with van der Waals surface area (Å²) in [6, 6.07) is 13.9. The molecule has 9 heteroatoms. The maximum absolute atomic E-state index is 12.4. The summed E-state index contributed by atoms with van der Waals surface area (Å²) < 4.78 is 51.0. The molecule has 25 heavy (non-hydrogen) atoms. The van der Waals surface area contributed by atoms with Crippen molar-refractivity contribution in [2.45, 2.75) is 22.8 Å². The Morgan fingerprint density at radius 1 is 0.960 bits per heavy atom. The van der Waals surface area contributed by atoms with E-state index < -0.39 is 25.9 Å². The highest BCUT2D eigenvalue weighted by atomic mass is 35.5. The molecule has 138 valence electrons. The maximum Gasteiger partial charge on any atom is 0.240 e. The van der Waals surface area contributed by atoms with E-state index in [1.165, 1.54) is 25.1 Å². The van der Waals surface area contributed by atoms with E-state index in [4.69, 9.17) is 5.73 Å². The van der Waals surface area contributed by atoms with E-state index >= 15 is 0 Å². The number of nitrogens with one attached hydrogen (secondary N) is 1. The maximum atomic E-state index is 12.4. The van der Waals surface area contributed by atoms with Crippen LogP contribution in [0, 0.1) is 0 Å². The average molecular weight is 405 g/mol. The summed E-state index contributed by atoms with van der Waals surface area (Å²) >= 11 is 0. The molecule has 0 aliphatic carbocycles. The molecule has 0 amide bonds. The van der Waals surface area contributed by atoms with Crippen molar-refractivity contribution in [3.05, 3.63) is 60.2 Å². The van der Waals surface area contributed by atoms with E-state index in [2.05, 4.69) is 4.72 Å². The molecule has 0 aliphatic heterocycles. The van der Waals surface area contributed by atoms with Crippen LogP contribution >= 0.6 is 12.4 Å². The third-order valence-corrected chi connectivity index (χ3v) is 6.73.